The minimum Gasteiger partial charge on any atom is -0.474 e. The molecular weight excluding hydrogens is 357 g/mol. The fourth-order valence-corrected chi connectivity index (χ4v) is 3.22. The van der Waals surface area contributed by atoms with E-state index in [9.17, 15) is 9.18 Å². The molecule has 2 aromatic rings. The summed E-state index contributed by atoms with van der Waals surface area (Å²) in [7, 11) is 2.10. The zero-order valence-corrected chi connectivity index (χ0v) is 15.5. The molecule has 2 unspecified atom stereocenters. The molecule has 26 heavy (non-hydrogen) atoms. The van der Waals surface area contributed by atoms with Gasteiger partial charge in [0, 0.05) is 18.7 Å². The van der Waals surface area contributed by atoms with Crippen molar-refractivity contribution < 1.29 is 13.9 Å². The zero-order valence-electron chi connectivity index (χ0n) is 14.7. The number of nitrogens with zero attached hydrogens (tertiary/aromatic N) is 2. The minimum atomic E-state index is -0.678. The summed E-state index contributed by atoms with van der Waals surface area (Å²) in [6.07, 6.45) is 1.92. The van der Waals surface area contributed by atoms with E-state index in [2.05, 4.69) is 29.2 Å². The number of carbonyl (C=O) groups excluding carboxylic acids is 1. The van der Waals surface area contributed by atoms with E-state index in [1.165, 1.54) is 18.2 Å². The predicted octanol–water partition coefficient (Wildman–Crippen LogP) is 3.99. The molecular formula is C19H21ClFN3O2. The Bertz CT molecular complexity index is 782. The Labute approximate surface area is 157 Å². The van der Waals surface area contributed by atoms with Gasteiger partial charge in [-0.15, -0.1) is 0 Å². The van der Waals surface area contributed by atoms with E-state index >= 15 is 0 Å². The fourth-order valence-electron chi connectivity index (χ4n) is 2.97. The summed E-state index contributed by atoms with van der Waals surface area (Å²) in [5, 5.41) is 2.62. The van der Waals surface area contributed by atoms with Crippen molar-refractivity contribution in [3.63, 3.8) is 0 Å². The maximum Gasteiger partial charge on any atom is 0.261 e. The monoisotopic (exact) mass is 377 g/mol. The molecule has 5 nitrogen and oxygen atoms in total. The first-order valence-electron chi connectivity index (χ1n) is 8.53. The largest absolute Gasteiger partial charge is 0.474 e. The smallest absolute Gasteiger partial charge is 0.261 e. The minimum absolute atomic E-state index is 0.0511. The molecule has 1 amide bonds. The van der Waals surface area contributed by atoms with Crippen LogP contribution < -0.4 is 10.1 Å². The van der Waals surface area contributed by atoms with Gasteiger partial charge < -0.3 is 15.0 Å². The Morgan fingerprint density at radius 1 is 1.35 bits per heavy atom. The standard InChI is InChI=1S/C19H21ClFN3O2/c1-12-11-13(9-10-24(12)2)26-17-8-4-7-16(22-17)23-19(25)18-14(20)5-3-6-15(18)21/h3-8,12-13H,9-11H2,1-2H3,(H,22,23,25). The number of halogens is 2. The van der Waals surface area contributed by atoms with E-state index in [1.807, 2.05) is 0 Å². The van der Waals surface area contributed by atoms with Crippen molar-refractivity contribution in [1.29, 1.82) is 0 Å². The summed E-state index contributed by atoms with van der Waals surface area (Å²) in [4.78, 5) is 18.9. The maximum absolute atomic E-state index is 13.9. The van der Waals surface area contributed by atoms with Gasteiger partial charge in [-0.25, -0.2) is 4.39 Å². The van der Waals surface area contributed by atoms with Gasteiger partial charge in [0.15, 0.2) is 0 Å². The van der Waals surface area contributed by atoms with Crippen molar-refractivity contribution in [2.75, 3.05) is 18.9 Å². The van der Waals surface area contributed by atoms with Gasteiger partial charge in [-0.3, -0.25) is 4.79 Å². The average Bonchev–Trinajstić information content (AvgIpc) is 2.58. The number of likely N-dealkylation sites (tertiary alicyclic amines) is 1. The quantitative estimate of drug-likeness (QED) is 0.875. The molecule has 0 aliphatic carbocycles. The molecule has 1 aromatic heterocycles. The summed E-state index contributed by atoms with van der Waals surface area (Å²) in [6.45, 7) is 3.13. The van der Waals surface area contributed by atoms with Crippen LogP contribution in [0.3, 0.4) is 0 Å². The number of hydrogen-bond acceptors (Lipinski definition) is 4. The number of pyridine rings is 1. The van der Waals surface area contributed by atoms with Crippen LogP contribution >= 0.6 is 11.6 Å². The molecule has 0 radical (unpaired) electrons. The van der Waals surface area contributed by atoms with Crippen molar-refractivity contribution in [2.45, 2.75) is 31.9 Å². The first-order chi connectivity index (χ1) is 12.4. The second-order valence-corrected chi connectivity index (χ2v) is 6.91. The Hall–Kier alpha value is -2.18. The van der Waals surface area contributed by atoms with E-state index in [-0.39, 0.29) is 22.5 Å². The number of ether oxygens (including phenoxy) is 1. The first-order valence-corrected chi connectivity index (χ1v) is 8.91. The van der Waals surface area contributed by atoms with E-state index in [0.29, 0.717) is 11.9 Å². The van der Waals surface area contributed by atoms with Crippen LogP contribution in [-0.2, 0) is 0 Å². The maximum atomic E-state index is 13.9. The lowest BCUT2D eigenvalue weighted by Gasteiger charge is -2.34. The number of piperidine rings is 1. The van der Waals surface area contributed by atoms with E-state index in [0.717, 1.165) is 19.4 Å². The number of hydrogen-bond donors (Lipinski definition) is 1. The second-order valence-electron chi connectivity index (χ2n) is 6.51. The number of carbonyl (C=O) groups is 1. The Kier molecular flexibility index (Phi) is 5.74. The SMILES string of the molecule is CC1CC(Oc2cccc(NC(=O)c3c(F)cccc3Cl)n2)CCN1C. The van der Waals surface area contributed by atoms with Gasteiger partial charge in [0.25, 0.3) is 5.91 Å². The third-order valence-electron chi connectivity index (χ3n) is 4.60. The number of anilines is 1. The van der Waals surface area contributed by atoms with Crippen molar-refractivity contribution in [3.05, 3.63) is 52.8 Å². The molecule has 1 aromatic carbocycles. The van der Waals surface area contributed by atoms with E-state index in [4.69, 9.17) is 16.3 Å². The number of nitrogens with one attached hydrogen (secondary N) is 1. The highest BCUT2D eigenvalue weighted by Crippen LogP contribution is 2.23. The average molecular weight is 378 g/mol. The molecule has 3 rings (SSSR count). The Morgan fingerprint density at radius 2 is 2.12 bits per heavy atom. The first kappa shape index (κ1) is 18.6. The predicted molar refractivity (Wildman–Crippen MR) is 99.3 cm³/mol. The zero-order chi connectivity index (χ0) is 18.7. The van der Waals surface area contributed by atoms with E-state index < -0.39 is 11.7 Å². The van der Waals surface area contributed by atoms with Gasteiger partial charge in [0.1, 0.15) is 17.7 Å². The Balaban J connectivity index is 1.69. The third-order valence-corrected chi connectivity index (χ3v) is 4.92. The topological polar surface area (TPSA) is 54.5 Å². The van der Waals surface area contributed by atoms with Crippen LogP contribution in [0.5, 0.6) is 5.88 Å². The molecule has 0 spiro atoms. The summed E-state index contributed by atoms with van der Waals surface area (Å²) in [5.74, 6) is -0.606. The van der Waals surface area contributed by atoms with Crippen molar-refractivity contribution in [2.24, 2.45) is 0 Å². The lowest BCUT2D eigenvalue weighted by atomic mass is 10.0. The van der Waals surface area contributed by atoms with Crippen LogP contribution in [0.4, 0.5) is 10.2 Å². The van der Waals surface area contributed by atoms with Gasteiger partial charge >= 0.3 is 0 Å². The lowest BCUT2D eigenvalue weighted by molar-refractivity contribution is 0.0760. The summed E-state index contributed by atoms with van der Waals surface area (Å²) in [6, 6.07) is 9.65. The molecule has 138 valence electrons. The number of amides is 1. The molecule has 7 heteroatoms. The molecule has 1 fully saturated rings. The number of aromatic nitrogens is 1. The van der Waals surface area contributed by atoms with Crippen LogP contribution in [-0.4, -0.2) is 41.5 Å². The normalized spacial score (nSPS) is 20.6. The Morgan fingerprint density at radius 3 is 2.85 bits per heavy atom. The van der Waals surface area contributed by atoms with Crippen molar-refractivity contribution in [1.82, 2.24) is 9.88 Å². The molecule has 0 bridgehead atoms. The van der Waals surface area contributed by atoms with Crippen molar-refractivity contribution in [3.8, 4) is 5.88 Å². The highest BCUT2D eigenvalue weighted by molar-refractivity contribution is 6.34. The van der Waals surface area contributed by atoms with Gasteiger partial charge in [0.2, 0.25) is 5.88 Å². The summed E-state index contributed by atoms with van der Waals surface area (Å²) in [5.41, 5.74) is -0.202. The van der Waals surface area contributed by atoms with Crippen LogP contribution in [0.2, 0.25) is 5.02 Å². The molecule has 0 saturated carbocycles. The van der Waals surface area contributed by atoms with Gasteiger partial charge in [-0.2, -0.15) is 4.98 Å². The highest BCUT2D eigenvalue weighted by Gasteiger charge is 2.24. The van der Waals surface area contributed by atoms with Crippen LogP contribution in [0, 0.1) is 5.82 Å². The fraction of sp³-hybridized carbons (Fsp3) is 0.368. The molecule has 1 saturated heterocycles. The molecule has 1 aliphatic rings. The summed E-state index contributed by atoms with van der Waals surface area (Å²) >= 11 is 5.93. The third kappa shape index (κ3) is 4.31. The summed E-state index contributed by atoms with van der Waals surface area (Å²) < 4.78 is 19.8. The van der Waals surface area contributed by atoms with Crippen LogP contribution in [0.25, 0.3) is 0 Å². The molecule has 1 aliphatic heterocycles. The van der Waals surface area contributed by atoms with Crippen molar-refractivity contribution >= 4 is 23.3 Å². The lowest BCUT2D eigenvalue weighted by Crippen LogP contribution is -2.42. The van der Waals surface area contributed by atoms with Gasteiger partial charge in [-0.1, -0.05) is 23.7 Å². The highest BCUT2D eigenvalue weighted by atomic mass is 35.5. The van der Waals surface area contributed by atoms with Crippen LogP contribution in [0.15, 0.2) is 36.4 Å². The second kappa shape index (κ2) is 8.01. The van der Waals surface area contributed by atoms with E-state index in [1.54, 1.807) is 18.2 Å². The number of rotatable bonds is 4. The van der Waals surface area contributed by atoms with Crippen LogP contribution in [0.1, 0.15) is 30.1 Å². The number of benzene rings is 1. The molecule has 2 atom stereocenters. The van der Waals surface area contributed by atoms with Gasteiger partial charge in [-0.05, 0) is 45.0 Å². The van der Waals surface area contributed by atoms with Gasteiger partial charge in [0.05, 0.1) is 10.6 Å². The molecule has 1 N–H and O–H groups in total. The molecule has 2 heterocycles.